The van der Waals surface area contributed by atoms with Crippen LogP contribution < -0.4 is 0 Å². The van der Waals surface area contributed by atoms with Crippen LogP contribution in [0.25, 0.3) is 88.0 Å². The van der Waals surface area contributed by atoms with Gasteiger partial charge in [0.2, 0.25) is 0 Å². The minimum Gasteiger partial charge on any atom is -0.0622 e. The van der Waals surface area contributed by atoms with Crippen LogP contribution in [0.4, 0.5) is 0 Å². The predicted molar refractivity (Wildman–Crippen MR) is 206 cm³/mol. The second-order valence-electron chi connectivity index (χ2n) is 12.5. The largest absolute Gasteiger partial charge is 0.0622 e. The maximum atomic E-state index is 2.29. The molecular formula is C48H32. The van der Waals surface area contributed by atoms with Gasteiger partial charge in [-0.05, 0) is 88.0 Å². The fourth-order valence-electron chi connectivity index (χ4n) is 7.36. The summed E-state index contributed by atoms with van der Waals surface area (Å²) in [6.45, 7) is 0. The quantitative estimate of drug-likeness (QED) is 0.171. The van der Waals surface area contributed by atoms with Crippen molar-refractivity contribution in [3.05, 3.63) is 194 Å². The molecule has 0 atom stereocenters. The van der Waals surface area contributed by atoms with Crippen molar-refractivity contribution in [3.63, 3.8) is 0 Å². The first-order chi connectivity index (χ1) is 23.8. The van der Waals surface area contributed by atoms with E-state index in [-0.39, 0.29) is 0 Å². The Morgan fingerprint density at radius 2 is 0.521 bits per heavy atom. The van der Waals surface area contributed by atoms with Crippen LogP contribution in [0.3, 0.4) is 0 Å². The first-order valence-electron chi connectivity index (χ1n) is 16.6. The standard InChI is InChI=1S/C48H32/c1-2-11-33(12-3-1)34-21-23-35(24-22-34)36-25-29-39(30-26-36)47-43-16-6-8-18-45(43)48(46-19-9-7-17-44(46)47)40-31-27-38(28-32-40)42-20-10-14-37-13-4-5-15-41(37)42/h1-32H. The molecule has 0 heterocycles. The van der Waals surface area contributed by atoms with Gasteiger partial charge in [-0.25, -0.2) is 0 Å². The molecular weight excluding hydrogens is 577 g/mol. The maximum absolute atomic E-state index is 2.29. The minimum absolute atomic E-state index is 1.22. The van der Waals surface area contributed by atoms with Gasteiger partial charge in [-0.1, -0.05) is 194 Å². The third-order valence-corrected chi connectivity index (χ3v) is 9.70. The van der Waals surface area contributed by atoms with E-state index in [1.807, 2.05) is 0 Å². The Kier molecular flexibility index (Phi) is 6.91. The van der Waals surface area contributed by atoms with Crippen molar-refractivity contribution in [1.82, 2.24) is 0 Å². The van der Waals surface area contributed by atoms with E-state index in [0.717, 1.165) is 0 Å². The van der Waals surface area contributed by atoms with Crippen LogP contribution in [-0.4, -0.2) is 0 Å². The Morgan fingerprint density at radius 1 is 0.188 bits per heavy atom. The second-order valence-corrected chi connectivity index (χ2v) is 12.5. The van der Waals surface area contributed by atoms with Gasteiger partial charge in [-0.3, -0.25) is 0 Å². The number of fused-ring (bicyclic) bond motifs is 3. The number of benzene rings is 9. The summed E-state index contributed by atoms with van der Waals surface area (Å²) in [7, 11) is 0. The third-order valence-electron chi connectivity index (χ3n) is 9.70. The van der Waals surface area contributed by atoms with Gasteiger partial charge in [-0.2, -0.15) is 0 Å². The molecule has 0 fully saturated rings. The summed E-state index contributed by atoms with van der Waals surface area (Å²) >= 11 is 0. The molecule has 0 aliphatic rings. The van der Waals surface area contributed by atoms with Crippen molar-refractivity contribution in [2.45, 2.75) is 0 Å². The van der Waals surface area contributed by atoms with E-state index in [2.05, 4.69) is 194 Å². The molecule has 0 heteroatoms. The first kappa shape index (κ1) is 28.0. The van der Waals surface area contributed by atoms with Crippen molar-refractivity contribution in [3.8, 4) is 55.6 Å². The minimum atomic E-state index is 1.22. The molecule has 0 unspecified atom stereocenters. The molecule has 224 valence electrons. The third kappa shape index (κ3) is 4.87. The molecule has 0 bridgehead atoms. The average Bonchev–Trinajstić information content (AvgIpc) is 3.17. The lowest BCUT2D eigenvalue weighted by atomic mass is 9.85. The van der Waals surface area contributed by atoms with Crippen molar-refractivity contribution < 1.29 is 0 Å². The van der Waals surface area contributed by atoms with E-state index in [0.29, 0.717) is 0 Å². The SMILES string of the molecule is c1ccc(-c2ccc(-c3ccc(-c4c5ccccc5c(-c5ccc(-c6cccc7ccccc67)cc5)c5ccccc45)cc3)cc2)cc1. The average molecular weight is 609 g/mol. The molecule has 0 aromatic heterocycles. The van der Waals surface area contributed by atoms with Gasteiger partial charge < -0.3 is 0 Å². The molecule has 48 heavy (non-hydrogen) atoms. The normalized spacial score (nSPS) is 11.3. The van der Waals surface area contributed by atoms with Crippen molar-refractivity contribution >= 4 is 32.3 Å². The molecule has 9 rings (SSSR count). The zero-order valence-electron chi connectivity index (χ0n) is 26.5. The summed E-state index contributed by atoms with van der Waals surface area (Å²) in [6.07, 6.45) is 0. The summed E-state index contributed by atoms with van der Waals surface area (Å²) in [5, 5.41) is 7.62. The maximum Gasteiger partial charge on any atom is -0.00264 e. The Bertz CT molecular complexity index is 2490. The molecule has 0 spiro atoms. The van der Waals surface area contributed by atoms with Crippen LogP contribution in [0.15, 0.2) is 194 Å². The van der Waals surface area contributed by atoms with Gasteiger partial charge >= 0.3 is 0 Å². The van der Waals surface area contributed by atoms with Crippen LogP contribution in [0.1, 0.15) is 0 Å². The Labute approximate surface area is 281 Å². The highest BCUT2D eigenvalue weighted by Gasteiger charge is 2.17. The molecule has 0 N–H and O–H groups in total. The van der Waals surface area contributed by atoms with E-state index in [4.69, 9.17) is 0 Å². The van der Waals surface area contributed by atoms with Crippen LogP contribution in [-0.2, 0) is 0 Å². The zero-order chi connectivity index (χ0) is 31.9. The summed E-state index contributed by atoms with van der Waals surface area (Å²) in [5.41, 5.74) is 12.4. The fraction of sp³-hybridized carbons (Fsp3) is 0. The lowest BCUT2D eigenvalue weighted by Gasteiger charge is -2.18. The van der Waals surface area contributed by atoms with Crippen molar-refractivity contribution in [2.75, 3.05) is 0 Å². The smallest absolute Gasteiger partial charge is 0.00264 e. The van der Waals surface area contributed by atoms with Gasteiger partial charge in [0, 0.05) is 0 Å². The molecule has 0 amide bonds. The monoisotopic (exact) mass is 608 g/mol. The Morgan fingerprint density at radius 3 is 1.00 bits per heavy atom. The topological polar surface area (TPSA) is 0 Å². The van der Waals surface area contributed by atoms with Crippen LogP contribution >= 0.6 is 0 Å². The van der Waals surface area contributed by atoms with E-state index in [1.54, 1.807) is 0 Å². The van der Waals surface area contributed by atoms with E-state index < -0.39 is 0 Å². The van der Waals surface area contributed by atoms with Gasteiger partial charge in [-0.15, -0.1) is 0 Å². The molecule has 0 nitrogen and oxygen atoms in total. The highest BCUT2D eigenvalue weighted by Crippen LogP contribution is 2.44. The molecule has 0 aliphatic carbocycles. The van der Waals surface area contributed by atoms with Crippen LogP contribution in [0.5, 0.6) is 0 Å². The summed E-state index contributed by atoms with van der Waals surface area (Å²) in [6, 6.07) is 70.6. The van der Waals surface area contributed by atoms with Crippen molar-refractivity contribution in [2.24, 2.45) is 0 Å². The first-order valence-corrected chi connectivity index (χ1v) is 16.6. The van der Waals surface area contributed by atoms with E-state index >= 15 is 0 Å². The van der Waals surface area contributed by atoms with E-state index in [1.165, 1.54) is 88.0 Å². The Hall–Kier alpha value is -6.24. The van der Waals surface area contributed by atoms with E-state index in [9.17, 15) is 0 Å². The van der Waals surface area contributed by atoms with Gasteiger partial charge in [0.15, 0.2) is 0 Å². The molecule has 0 aliphatic heterocycles. The highest BCUT2D eigenvalue weighted by atomic mass is 14.2. The molecule has 9 aromatic carbocycles. The summed E-state index contributed by atoms with van der Waals surface area (Å²) in [5.74, 6) is 0. The van der Waals surface area contributed by atoms with Gasteiger partial charge in [0.1, 0.15) is 0 Å². The summed E-state index contributed by atoms with van der Waals surface area (Å²) < 4.78 is 0. The number of hydrogen-bond acceptors (Lipinski definition) is 0. The number of hydrogen-bond donors (Lipinski definition) is 0. The van der Waals surface area contributed by atoms with Crippen LogP contribution in [0.2, 0.25) is 0 Å². The number of rotatable bonds is 5. The predicted octanol–water partition coefficient (Wildman–Crippen LogP) is 13.5. The molecule has 0 saturated carbocycles. The molecule has 0 saturated heterocycles. The van der Waals surface area contributed by atoms with Gasteiger partial charge in [0.05, 0.1) is 0 Å². The van der Waals surface area contributed by atoms with Crippen molar-refractivity contribution in [1.29, 1.82) is 0 Å². The highest BCUT2D eigenvalue weighted by molar-refractivity contribution is 6.21. The van der Waals surface area contributed by atoms with Gasteiger partial charge in [0.25, 0.3) is 0 Å². The Balaban J connectivity index is 1.13. The lowest BCUT2D eigenvalue weighted by Crippen LogP contribution is -1.91. The van der Waals surface area contributed by atoms with Crippen LogP contribution in [0, 0.1) is 0 Å². The summed E-state index contributed by atoms with van der Waals surface area (Å²) in [4.78, 5) is 0. The fourth-order valence-corrected chi connectivity index (χ4v) is 7.36. The lowest BCUT2D eigenvalue weighted by molar-refractivity contribution is 1.59. The zero-order valence-corrected chi connectivity index (χ0v) is 26.5. The second kappa shape index (κ2) is 11.8. The molecule has 0 radical (unpaired) electrons. The molecule has 9 aromatic rings.